The second kappa shape index (κ2) is 22.6. The predicted octanol–water partition coefficient (Wildman–Crippen LogP) is 13.6. The molecular weight excluding hydrogens is 856 g/mol. The highest BCUT2D eigenvalue weighted by Crippen LogP contribution is 2.52. The van der Waals surface area contributed by atoms with Crippen LogP contribution in [0.2, 0.25) is 5.02 Å². The molecule has 8 rings (SSSR count). The van der Waals surface area contributed by atoms with Crippen molar-refractivity contribution in [3.05, 3.63) is 160 Å². The Kier molecular flexibility index (Phi) is 16.7. The van der Waals surface area contributed by atoms with Crippen molar-refractivity contribution < 1.29 is 8.78 Å². The largest absolute Gasteiger partial charge is 0.399 e. The first-order chi connectivity index (χ1) is 32.3. The molecule has 2 fully saturated rings. The minimum atomic E-state index is -0.541. The van der Waals surface area contributed by atoms with Gasteiger partial charge in [-0.2, -0.15) is 5.10 Å². The number of unbranched alkanes of at least 4 members (excludes halogenated alkanes) is 5. The lowest BCUT2D eigenvalue weighted by atomic mass is 9.84. The average Bonchev–Trinajstić information content (AvgIpc) is 3.84. The number of hydrogen-bond donors (Lipinski definition) is 4. The van der Waals surface area contributed by atoms with Gasteiger partial charge in [0.15, 0.2) is 0 Å². The fourth-order valence-electron chi connectivity index (χ4n) is 10.7. The Labute approximate surface area is 403 Å². The maximum Gasteiger partial charge on any atom is 0.142 e. The zero-order chi connectivity index (χ0) is 47.8. The van der Waals surface area contributed by atoms with Crippen molar-refractivity contribution in [3.8, 4) is 11.1 Å². The third-order valence-electron chi connectivity index (χ3n) is 14.5. The molecule has 1 aliphatic carbocycles. The molecule has 0 radical (unpaired) electrons. The van der Waals surface area contributed by atoms with Crippen LogP contribution in [0.25, 0.3) is 27.7 Å². The van der Waals surface area contributed by atoms with Crippen molar-refractivity contribution in [1.29, 1.82) is 0 Å². The summed E-state index contributed by atoms with van der Waals surface area (Å²) in [6.45, 7) is 23.8. The monoisotopic (exact) mass is 928 g/mol. The Morgan fingerprint density at radius 2 is 1.64 bits per heavy atom. The Hall–Kier alpha value is -5.38. The van der Waals surface area contributed by atoms with Gasteiger partial charge in [0, 0.05) is 83.5 Å². The number of benzene rings is 4. The first-order valence-corrected chi connectivity index (χ1v) is 25.0. The number of anilines is 1. The van der Waals surface area contributed by atoms with Crippen LogP contribution in [0, 0.1) is 11.6 Å². The Balaban J connectivity index is 0.000000203. The smallest absolute Gasteiger partial charge is 0.142 e. The van der Waals surface area contributed by atoms with E-state index in [2.05, 4.69) is 91.5 Å². The van der Waals surface area contributed by atoms with Gasteiger partial charge in [0.25, 0.3) is 0 Å². The predicted molar refractivity (Wildman–Crippen MR) is 278 cm³/mol. The number of para-hydroxylation sites is 1. The lowest BCUT2D eigenvalue weighted by Crippen LogP contribution is -2.40. The number of fused-ring (bicyclic) bond motifs is 2. The standard InChI is InChI=1S/C31H48N6.C26H24ClF2N/c1-23-16-17-27(25(3)34-23)30-28-14-12-15-29(31(28)36(5)35-30)33-20-11-9-7-6-8-10-13-24(2)37-21-18-26(32-4)19-22-37;1-4-16-10-11-19(15(3)30)23(26(16)29)24-22-14(2)20(17-8-6-5-7-9-17)12-18(22)13-21(28)25(24)27/h12,14-15,26-27,32-34H,1-3,6-11,13,16-22H2,4-5H3;5-11,13-14,20H,3-4,12,30H2,1-2H3/t;14-,20?/m.1/s1. The van der Waals surface area contributed by atoms with Crippen LogP contribution in [0.3, 0.4) is 0 Å². The van der Waals surface area contributed by atoms with Gasteiger partial charge in [-0.05, 0) is 111 Å². The molecule has 10 heteroatoms. The summed E-state index contributed by atoms with van der Waals surface area (Å²) in [5, 5.41) is 16.5. The fraction of sp³-hybridized carbons (Fsp3) is 0.421. The second-order valence-corrected chi connectivity index (χ2v) is 19.3. The zero-order valence-electron chi connectivity index (χ0n) is 40.4. The molecule has 2 unspecified atom stereocenters. The minimum absolute atomic E-state index is 0.0408. The summed E-state index contributed by atoms with van der Waals surface area (Å²) in [7, 11) is 4.13. The second-order valence-electron chi connectivity index (χ2n) is 18.9. The third-order valence-corrected chi connectivity index (χ3v) is 14.9. The van der Waals surface area contributed by atoms with Crippen molar-refractivity contribution in [2.75, 3.05) is 32.0 Å². The van der Waals surface area contributed by atoms with Crippen LogP contribution in [-0.4, -0.2) is 47.4 Å². The topological polar surface area (TPSA) is 83.2 Å². The van der Waals surface area contributed by atoms with E-state index in [4.69, 9.17) is 22.4 Å². The maximum absolute atomic E-state index is 15.6. The van der Waals surface area contributed by atoms with Gasteiger partial charge in [-0.15, -0.1) is 0 Å². The number of nitrogens with zero attached hydrogens (tertiary/aromatic N) is 3. The van der Waals surface area contributed by atoms with Gasteiger partial charge in [0.1, 0.15) is 11.6 Å². The van der Waals surface area contributed by atoms with E-state index in [1.807, 2.05) is 36.9 Å². The summed E-state index contributed by atoms with van der Waals surface area (Å²) < 4.78 is 32.6. The molecule has 0 spiro atoms. The van der Waals surface area contributed by atoms with Crippen LogP contribution >= 0.6 is 11.6 Å². The third kappa shape index (κ3) is 11.2. The number of nitrogens with two attached hydrogens (primary N) is 1. The molecular formula is C57H72ClF2N7. The van der Waals surface area contributed by atoms with Gasteiger partial charge in [0.2, 0.25) is 0 Å². The molecule has 2 saturated heterocycles. The molecule has 0 amide bonds. The number of rotatable bonds is 17. The molecule has 0 bridgehead atoms. The molecule has 67 heavy (non-hydrogen) atoms. The number of aromatic nitrogens is 2. The summed E-state index contributed by atoms with van der Waals surface area (Å²) in [4.78, 5) is 2.50. The highest BCUT2D eigenvalue weighted by atomic mass is 35.5. The molecule has 0 saturated carbocycles. The molecule has 7 nitrogen and oxygen atoms in total. The lowest BCUT2D eigenvalue weighted by molar-refractivity contribution is 0.241. The molecule has 3 aliphatic rings. The van der Waals surface area contributed by atoms with Crippen molar-refractivity contribution in [2.24, 2.45) is 12.8 Å². The van der Waals surface area contributed by atoms with Gasteiger partial charge in [-0.25, -0.2) is 8.78 Å². The first kappa shape index (κ1) is 49.5. The quantitative estimate of drug-likeness (QED) is 0.0696. The molecule has 356 valence electrons. The van der Waals surface area contributed by atoms with Crippen LogP contribution in [0.5, 0.6) is 0 Å². The lowest BCUT2D eigenvalue weighted by Gasteiger charge is -2.34. The zero-order valence-corrected chi connectivity index (χ0v) is 41.1. The van der Waals surface area contributed by atoms with E-state index in [1.165, 1.54) is 85.3 Å². The molecule has 3 heterocycles. The fourth-order valence-corrected chi connectivity index (χ4v) is 11.0. The SMILES string of the molecule is C=C(N)c1ccc(CC)c(F)c1-c1c(Cl)c(F)cc2c1[C@H](C)C(c1ccccc1)C2.C=C1CCC(c2nn(C)c3c(NCCCCCCCCC(=C)N4CCC(NC)CC4)cccc23)C(=C)N1. The number of aryl methyl sites for hydroxylation is 2. The number of halogens is 3. The Morgan fingerprint density at radius 1 is 0.925 bits per heavy atom. The molecule has 3 atom stereocenters. The van der Waals surface area contributed by atoms with Crippen molar-refractivity contribution in [2.45, 2.75) is 121 Å². The van der Waals surface area contributed by atoms with Gasteiger partial charge < -0.3 is 26.6 Å². The summed E-state index contributed by atoms with van der Waals surface area (Å²) in [6, 6.07) is 22.3. The number of allylic oxidation sites excluding steroid dienone is 3. The highest BCUT2D eigenvalue weighted by Gasteiger charge is 2.36. The summed E-state index contributed by atoms with van der Waals surface area (Å²) in [5.74, 6) is -0.515. The minimum Gasteiger partial charge on any atom is -0.399 e. The van der Waals surface area contributed by atoms with Gasteiger partial charge >= 0.3 is 0 Å². The van der Waals surface area contributed by atoms with Gasteiger partial charge in [-0.3, -0.25) is 4.68 Å². The van der Waals surface area contributed by atoms with Crippen molar-refractivity contribution in [3.63, 3.8) is 0 Å². The highest BCUT2D eigenvalue weighted by molar-refractivity contribution is 6.34. The van der Waals surface area contributed by atoms with E-state index >= 15 is 4.39 Å². The first-order valence-electron chi connectivity index (χ1n) is 24.6. The van der Waals surface area contributed by atoms with E-state index in [0.29, 0.717) is 35.6 Å². The van der Waals surface area contributed by atoms with E-state index in [0.717, 1.165) is 67.1 Å². The molecule has 5 N–H and O–H groups in total. The van der Waals surface area contributed by atoms with Crippen LogP contribution in [0.1, 0.15) is 136 Å². The van der Waals surface area contributed by atoms with E-state index in [1.54, 1.807) is 12.1 Å². The van der Waals surface area contributed by atoms with E-state index in [-0.39, 0.29) is 34.0 Å². The van der Waals surface area contributed by atoms with Crippen LogP contribution in [0.4, 0.5) is 14.5 Å². The Morgan fingerprint density at radius 3 is 2.33 bits per heavy atom. The Bertz CT molecular complexity index is 2570. The number of likely N-dealkylation sites (tertiary alicyclic amines) is 1. The maximum atomic E-state index is 15.6. The number of hydrogen-bond acceptors (Lipinski definition) is 6. The molecule has 5 aromatic rings. The van der Waals surface area contributed by atoms with Crippen LogP contribution in [0.15, 0.2) is 110 Å². The van der Waals surface area contributed by atoms with Crippen LogP contribution < -0.4 is 21.7 Å². The van der Waals surface area contributed by atoms with Crippen molar-refractivity contribution >= 4 is 33.9 Å². The number of nitrogens with one attached hydrogen (secondary N) is 3. The number of piperidine rings is 2. The normalized spacial score (nSPS) is 18.4. The van der Waals surface area contributed by atoms with E-state index < -0.39 is 11.6 Å². The van der Waals surface area contributed by atoms with Crippen molar-refractivity contribution in [1.82, 2.24) is 25.3 Å². The van der Waals surface area contributed by atoms with E-state index in [9.17, 15) is 4.39 Å². The van der Waals surface area contributed by atoms with Crippen LogP contribution in [-0.2, 0) is 19.9 Å². The molecule has 4 aromatic carbocycles. The summed E-state index contributed by atoms with van der Waals surface area (Å²) in [6.07, 6.45) is 14.5. The van der Waals surface area contributed by atoms with Gasteiger partial charge in [-0.1, -0.05) is 132 Å². The molecule has 2 aliphatic heterocycles. The molecule has 1 aromatic heterocycles. The summed E-state index contributed by atoms with van der Waals surface area (Å²) >= 11 is 6.50. The average molecular weight is 929 g/mol. The van der Waals surface area contributed by atoms with Gasteiger partial charge in [0.05, 0.1) is 21.9 Å². The summed E-state index contributed by atoms with van der Waals surface area (Å²) in [5.41, 5.74) is 17.7.